The first kappa shape index (κ1) is 18.3. The van der Waals surface area contributed by atoms with Crippen molar-refractivity contribution in [2.75, 3.05) is 6.54 Å². The van der Waals surface area contributed by atoms with Gasteiger partial charge in [-0.25, -0.2) is 13.6 Å². The molecule has 1 aliphatic carbocycles. The Hall–Kier alpha value is -2.51. The Morgan fingerprint density at radius 2 is 1.88 bits per heavy atom. The third kappa shape index (κ3) is 3.68. The zero-order valence-corrected chi connectivity index (χ0v) is 15.2. The number of carbonyl (C=O) groups excluding carboxylic acids is 2. The van der Waals surface area contributed by atoms with E-state index < -0.39 is 15.9 Å². The van der Waals surface area contributed by atoms with Gasteiger partial charge < -0.3 is 5.32 Å². The lowest BCUT2D eigenvalue weighted by Gasteiger charge is -2.13. The minimum atomic E-state index is -3.70. The summed E-state index contributed by atoms with van der Waals surface area (Å²) < 4.78 is 22.5. The smallest absolute Gasteiger partial charge is 0.238 e. The van der Waals surface area contributed by atoms with E-state index in [1.54, 1.807) is 18.2 Å². The molecule has 1 atom stereocenters. The third-order valence-electron chi connectivity index (χ3n) is 4.64. The van der Waals surface area contributed by atoms with Gasteiger partial charge in [0.15, 0.2) is 5.78 Å². The summed E-state index contributed by atoms with van der Waals surface area (Å²) >= 11 is 0. The van der Waals surface area contributed by atoms with Crippen molar-refractivity contribution >= 4 is 21.7 Å². The Morgan fingerprint density at radius 3 is 2.54 bits per heavy atom. The van der Waals surface area contributed by atoms with Crippen LogP contribution in [-0.2, 0) is 21.2 Å². The maximum Gasteiger partial charge on any atom is 0.238 e. The Kier molecular flexibility index (Phi) is 4.93. The molecule has 136 valence electrons. The minimum Gasteiger partial charge on any atom is -0.355 e. The second kappa shape index (κ2) is 7.01. The number of nitrogens with one attached hydrogen (secondary N) is 1. The number of aryl methyl sites for hydroxylation is 1. The number of hydrogen-bond donors (Lipinski definition) is 2. The SMILES string of the molecule is Cc1cccc2c1C(C(=O)NCCc1ccc(S(N)(=O)=O)cc1)CC2=O. The zero-order chi connectivity index (χ0) is 18.9. The average Bonchev–Trinajstić information content (AvgIpc) is 2.93. The number of hydrogen-bond acceptors (Lipinski definition) is 4. The molecule has 0 heterocycles. The molecule has 3 rings (SSSR count). The second-order valence-electron chi connectivity index (χ2n) is 6.45. The molecular weight excluding hydrogens is 352 g/mol. The molecule has 26 heavy (non-hydrogen) atoms. The normalized spacial score (nSPS) is 16.4. The van der Waals surface area contributed by atoms with Gasteiger partial charge in [0.1, 0.15) is 0 Å². The number of fused-ring (bicyclic) bond motifs is 1. The van der Waals surface area contributed by atoms with Gasteiger partial charge in [0.25, 0.3) is 0 Å². The first-order valence-electron chi connectivity index (χ1n) is 8.29. The molecule has 2 aromatic rings. The molecule has 1 aliphatic rings. The van der Waals surface area contributed by atoms with Gasteiger partial charge >= 0.3 is 0 Å². The molecule has 0 saturated heterocycles. The largest absolute Gasteiger partial charge is 0.355 e. The number of ketones is 1. The minimum absolute atomic E-state index is 0.00225. The molecule has 7 heteroatoms. The van der Waals surface area contributed by atoms with Crippen molar-refractivity contribution in [1.82, 2.24) is 5.32 Å². The van der Waals surface area contributed by atoms with Gasteiger partial charge in [-0.3, -0.25) is 9.59 Å². The van der Waals surface area contributed by atoms with E-state index in [9.17, 15) is 18.0 Å². The number of carbonyl (C=O) groups is 2. The molecule has 0 spiro atoms. The summed E-state index contributed by atoms with van der Waals surface area (Å²) in [5, 5.41) is 7.94. The van der Waals surface area contributed by atoms with E-state index in [1.807, 2.05) is 19.1 Å². The van der Waals surface area contributed by atoms with E-state index >= 15 is 0 Å². The van der Waals surface area contributed by atoms with Gasteiger partial charge in [-0.15, -0.1) is 0 Å². The van der Waals surface area contributed by atoms with Gasteiger partial charge in [0, 0.05) is 18.5 Å². The lowest BCUT2D eigenvalue weighted by molar-refractivity contribution is -0.122. The number of Topliss-reactive ketones (excluding diaryl/α,β-unsaturated/α-hetero) is 1. The fourth-order valence-corrected chi connectivity index (χ4v) is 3.82. The van der Waals surface area contributed by atoms with Crippen molar-refractivity contribution in [3.05, 3.63) is 64.7 Å². The van der Waals surface area contributed by atoms with Crippen molar-refractivity contribution in [2.24, 2.45) is 5.14 Å². The van der Waals surface area contributed by atoms with Crippen molar-refractivity contribution in [3.63, 3.8) is 0 Å². The van der Waals surface area contributed by atoms with Crippen LogP contribution in [0.15, 0.2) is 47.4 Å². The Labute approximate surface area is 152 Å². The Morgan fingerprint density at radius 1 is 1.19 bits per heavy atom. The van der Waals surface area contributed by atoms with E-state index in [4.69, 9.17) is 5.14 Å². The van der Waals surface area contributed by atoms with Crippen LogP contribution in [0.2, 0.25) is 0 Å². The Bertz CT molecular complexity index is 966. The van der Waals surface area contributed by atoms with Gasteiger partial charge in [-0.1, -0.05) is 30.3 Å². The second-order valence-corrected chi connectivity index (χ2v) is 8.01. The summed E-state index contributed by atoms with van der Waals surface area (Å²) in [6, 6.07) is 11.7. The highest BCUT2D eigenvalue weighted by molar-refractivity contribution is 7.89. The van der Waals surface area contributed by atoms with Gasteiger partial charge in [0.05, 0.1) is 10.8 Å². The predicted molar refractivity (Wildman–Crippen MR) is 97.4 cm³/mol. The molecule has 3 N–H and O–H groups in total. The summed E-state index contributed by atoms with van der Waals surface area (Å²) in [5.74, 6) is -0.599. The van der Waals surface area contributed by atoms with E-state index in [0.29, 0.717) is 18.5 Å². The van der Waals surface area contributed by atoms with Crippen molar-refractivity contribution in [2.45, 2.75) is 30.6 Å². The molecule has 0 bridgehead atoms. The van der Waals surface area contributed by atoms with E-state index in [-0.39, 0.29) is 23.0 Å². The van der Waals surface area contributed by atoms with Crippen LogP contribution in [0.1, 0.15) is 39.4 Å². The first-order chi connectivity index (χ1) is 12.3. The van der Waals surface area contributed by atoms with E-state index in [1.165, 1.54) is 12.1 Å². The summed E-state index contributed by atoms with van der Waals surface area (Å²) in [4.78, 5) is 24.7. The monoisotopic (exact) mass is 372 g/mol. The quantitative estimate of drug-likeness (QED) is 0.832. The topological polar surface area (TPSA) is 106 Å². The molecule has 0 aromatic heterocycles. The standard InChI is InChI=1S/C19H20N2O4S/c1-12-3-2-4-15-17(22)11-16(18(12)15)19(23)21-10-9-13-5-7-14(8-6-13)26(20,24)25/h2-8,16H,9-11H2,1H3,(H,21,23)(H2,20,24,25). The number of rotatable bonds is 5. The molecule has 0 radical (unpaired) electrons. The number of sulfonamides is 1. The maximum atomic E-state index is 12.5. The number of primary sulfonamides is 1. The fourth-order valence-electron chi connectivity index (χ4n) is 3.31. The Balaban J connectivity index is 1.62. The molecule has 2 aromatic carbocycles. The van der Waals surface area contributed by atoms with Crippen LogP contribution in [0.3, 0.4) is 0 Å². The molecule has 0 fully saturated rings. The van der Waals surface area contributed by atoms with Crippen LogP contribution < -0.4 is 10.5 Å². The zero-order valence-electron chi connectivity index (χ0n) is 14.4. The summed E-state index contributed by atoms with van der Waals surface area (Å²) in [6.07, 6.45) is 0.757. The summed E-state index contributed by atoms with van der Waals surface area (Å²) in [7, 11) is -3.70. The van der Waals surface area contributed by atoms with Crippen LogP contribution in [-0.4, -0.2) is 26.7 Å². The predicted octanol–water partition coefficient (Wildman–Crippen LogP) is 1.67. The maximum absolute atomic E-state index is 12.5. The lowest BCUT2D eigenvalue weighted by Crippen LogP contribution is -2.30. The summed E-state index contributed by atoms with van der Waals surface area (Å²) in [5.41, 5.74) is 3.31. The number of amides is 1. The van der Waals surface area contributed by atoms with Gasteiger partial charge in [-0.2, -0.15) is 0 Å². The molecule has 1 amide bonds. The fraction of sp³-hybridized carbons (Fsp3) is 0.263. The van der Waals surface area contributed by atoms with Crippen LogP contribution in [0, 0.1) is 6.92 Å². The highest BCUT2D eigenvalue weighted by atomic mass is 32.2. The summed E-state index contributed by atoms with van der Waals surface area (Å²) in [6.45, 7) is 2.31. The number of nitrogens with two attached hydrogens (primary N) is 1. The number of benzene rings is 2. The van der Waals surface area contributed by atoms with E-state index in [2.05, 4.69) is 5.32 Å². The van der Waals surface area contributed by atoms with Crippen LogP contribution >= 0.6 is 0 Å². The van der Waals surface area contributed by atoms with Crippen LogP contribution in [0.5, 0.6) is 0 Å². The molecule has 0 saturated carbocycles. The molecule has 1 unspecified atom stereocenters. The third-order valence-corrected chi connectivity index (χ3v) is 5.57. The van der Waals surface area contributed by atoms with Crippen molar-refractivity contribution in [3.8, 4) is 0 Å². The highest BCUT2D eigenvalue weighted by Crippen LogP contribution is 2.35. The molecule has 6 nitrogen and oxygen atoms in total. The van der Waals surface area contributed by atoms with Gasteiger partial charge in [0.2, 0.25) is 15.9 Å². The van der Waals surface area contributed by atoms with Crippen LogP contribution in [0.4, 0.5) is 0 Å². The highest BCUT2D eigenvalue weighted by Gasteiger charge is 2.35. The van der Waals surface area contributed by atoms with Crippen molar-refractivity contribution < 1.29 is 18.0 Å². The first-order valence-corrected chi connectivity index (χ1v) is 9.84. The van der Waals surface area contributed by atoms with Crippen molar-refractivity contribution in [1.29, 1.82) is 0 Å². The van der Waals surface area contributed by atoms with E-state index in [0.717, 1.165) is 16.7 Å². The average molecular weight is 372 g/mol. The van der Waals surface area contributed by atoms with Crippen LogP contribution in [0.25, 0.3) is 0 Å². The van der Waals surface area contributed by atoms with Gasteiger partial charge in [-0.05, 0) is 42.2 Å². The lowest BCUT2D eigenvalue weighted by atomic mass is 9.96. The molecular formula is C19H20N2O4S. The molecule has 0 aliphatic heterocycles.